The first kappa shape index (κ1) is 18.8. The Hall–Kier alpha value is -2.03. The van der Waals surface area contributed by atoms with Crippen molar-refractivity contribution < 1.29 is 14.7 Å². The van der Waals surface area contributed by atoms with Crippen LogP contribution in [0.15, 0.2) is 57.3 Å². The van der Waals surface area contributed by atoms with Gasteiger partial charge in [0.15, 0.2) is 0 Å². The van der Waals surface area contributed by atoms with Gasteiger partial charge in [0.05, 0.1) is 22.0 Å². The van der Waals surface area contributed by atoms with Gasteiger partial charge in [0.2, 0.25) is 0 Å². The molecule has 8 heteroatoms. The Morgan fingerprint density at radius 1 is 1.19 bits per heavy atom. The maximum atomic E-state index is 11.9. The zero-order chi connectivity index (χ0) is 18.8. The summed E-state index contributed by atoms with van der Waals surface area (Å²) < 4.78 is 0.562. The average molecular weight is 405 g/mol. The molecule has 5 nitrogen and oxygen atoms in total. The van der Waals surface area contributed by atoms with E-state index in [1.807, 2.05) is 48.4 Å². The van der Waals surface area contributed by atoms with E-state index >= 15 is 0 Å². The third-order valence-corrected chi connectivity index (χ3v) is 6.56. The number of aliphatic carboxylic acids is 1. The van der Waals surface area contributed by atoms with Crippen molar-refractivity contribution in [3.8, 4) is 0 Å². The number of anilines is 1. The number of allylic oxidation sites excluding steroid dienone is 4. The van der Waals surface area contributed by atoms with Crippen molar-refractivity contribution in [3.05, 3.63) is 58.0 Å². The molecule has 0 bridgehead atoms. The number of thiocarbonyl (C=S) groups is 1. The third-order valence-electron chi connectivity index (χ3n) is 3.87. The van der Waals surface area contributed by atoms with Crippen molar-refractivity contribution in [2.24, 2.45) is 0 Å². The van der Waals surface area contributed by atoms with Gasteiger partial charge in [-0.3, -0.25) is 14.5 Å². The number of carbonyl (C=O) groups is 2. The van der Waals surface area contributed by atoms with E-state index in [0.717, 1.165) is 21.2 Å². The molecule has 1 N–H and O–H groups in total. The van der Waals surface area contributed by atoms with E-state index in [1.165, 1.54) is 16.7 Å². The molecule has 2 aliphatic heterocycles. The summed E-state index contributed by atoms with van der Waals surface area (Å²) >= 11 is 8.02. The van der Waals surface area contributed by atoms with Gasteiger partial charge in [-0.25, -0.2) is 0 Å². The lowest BCUT2D eigenvalue weighted by Crippen LogP contribution is -2.22. The Labute approximate surface area is 165 Å². The Morgan fingerprint density at radius 2 is 1.92 bits per heavy atom. The number of benzene rings is 1. The van der Waals surface area contributed by atoms with Crippen LogP contribution in [-0.4, -0.2) is 40.3 Å². The van der Waals surface area contributed by atoms with Crippen molar-refractivity contribution in [2.75, 3.05) is 19.0 Å². The van der Waals surface area contributed by atoms with Crippen LogP contribution in [-0.2, 0) is 16.0 Å². The number of rotatable bonds is 4. The number of thioether (sulfide) groups is 2. The first-order valence-corrected chi connectivity index (χ1v) is 9.76. The molecular weight excluding hydrogens is 388 g/mol. The highest BCUT2D eigenvalue weighted by atomic mass is 32.2. The molecule has 0 spiro atoms. The summed E-state index contributed by atoms with van der Waals surface area (Å²) in [6.07, 6.45) is 7.44. The van der Waals surface area contributed by atoms with Gasteiger partial charge in [-0.2, -0.15) is 0 Å². The standard InChI is InChI=1S/C18H16N2O3S3/c1-19-12-9-11(10-16(21)22)7-8-13(12)25-15(19)6-4-3-5-14-17(23)20(2)18(24)26-14/h3-9H,10H2,1-2H3,(H,21,22). The quantitative estimate of drug-likeness (QED) is 0.607. The second-order valence-electron chi connectivity index (χ2n) is 5.69. The minimum absolute atomic E-state index is 0.0142. The number of carbonyl (C=O) groups excluding carboxylic acids is 1. The van der Waals surface area contributed by atoms with Crippen LogP contribution in [0.2, 0.25) is 0 Å². The van der Waals surface area contributed by atoms with Gasteiger partial charge in [-0.05, 0) is 29.8 Å². The van der Waals surface area contributed by atoms with E-state index in [1.54, 1.807) is 24.9 Å². The van der Waals surface area contributed by atoms with Gasteiger partial charge in [0.1, 0.15) is 4.32 Å². The maximum absolute atomic E-state index is 11.9. The Balaban J connectivity index is 1.71. The van der Waals surface area contributed by atoms with Crippen molar-refractivity contribution in [1.82, 2.24) is 4.90 Å². The molecule has 1 fully saturated rings. The summed E-state index contributed by atoms with van der Waals surface area (Å²) in [6.45, 7) is 0. The fourth-order valence-corrected chi connectivity index (χ4v) is 4.66. The minimum atomic E-state index is -0.838. The predicted molar refractivity (Wildman–Crippen MR) is 110 cm³/mol. The molecule has 0 saturated carbocycles. The normalized spacial score (nSPS) is 20.1. The van der Waals surface area contributed by atoms with Gasteiger partial charge in [0.25, 0.3) is 5.91 Å². The summed E-state index contributed by atoms with van der Waals surface area (Å²) in [7, 11) is 3.62. The van der Waals surface area contributed by atoms with Gasteiger partial charge in [0, 0.05) is 19.0 Å². The molecule has 0 aliphatic carbocycles. The summed E-state index contributed by atoms with van der Waals surface area (Å²) in [4.78, 5) is 28.0. The molecule has 0 aromatic heterocycles. The fourth-order valence-electron chi connectivity index (χ4n) is 2.48. The van der Waals surface area contributed by atoms with Crippen LogP contribution in [0.1, 0.15) is 5.56 Å². The largest absolute Gasteiger partial charge is 0.481 e. The number of likely N-dealkylation sites (N-methyl/N-ethyl adjacent to an activating group) is 1. The second-order valence-corrected chi connectivity index (χ2v) is 8.42. The maximum Gasteiger partial charge on any atom is 0.307 e. The predicted octanol–water partition coefficient (Wildman–Crippen LogP) is 3.63. The highest BCUT2D eigenvalue weighted by Crippen LogP contribution is 2.45. The highest BCUT2D eigenvalue weighted by molar-refractivity contribution is 8.26. The Morgan fingerprint density at radius 3 is 2.58 bits per heavy atom. The van der Waals surface area contributed by atoms with Crippen LogP contribution >= 0.6 is 35.7 Å². The topological polar surface area (TPSA) is 60.9 Å². The number of amides is 1. The lowest BCUT2D eigenvalue weighted by Gasteiger charge is -2.13. The van der Waals surface area contributed by atoms with Crippen LogP contribution in [0.25, 0.3) is 0 Å². The lowest BCUT2D eigenvalue weighted by molar-refractivity contribution is -0.136. The van der Waals surface area contributed by atoms with Crippen LogP contribution in [0, 0.1) is 0 Å². The summed E-state index contributed by atoms with van der Waals surface area (Å²) in [5, 5.41) is 9.96. The van der Waals surface area contributed by atoms with Crippen molar-refractivity contribution in [3.63, 3.8) is 0 Å². The zero-order valence-electron chi connectivity index (χ0n) is 14.1. The molecule has 1 aromatic rings. The fraction of sp³-hybridized carbons (Fsp3) is 0.167. The van der Waals surface area contributed by atoms with Crippen molar-refractivity contribution >= 4 is 57.6 Å². The molecule has 26 heavy (non-hydrogen) atoms. The molecule has 1 saturated heterocycles. The zero-order valence-corrected chi connectivity index (χ0v) is 16.6. The smallest absolute Gasteiger partial charge is 0.307 e. The first-order chi connectivity index (χ1) is 12.4. The first-order valence-electron chi connectivity index (χ1n) is 7.71. The molecule has 2 heterocycles. The second kappa shape index (κ2) is 7.69. The summed E-state index contributed by atoms with van der Waals surface area (Å²) in [5.41, 5.74) is 1.78. The number of fused-ring (bicyclic) bond motifs is 1. The van der Waals surface area contributed by atoms with Gasteiger partial charge in [-0.1, -0.05) is 54.0 Å². The van der Waals surface area contributed by atoms with Crippen LogP contribution in [0.4, 0.5) is 5.69 Å². The van der Waals surface area contributed by atoms with E-state index in [4.69, 9.17) is 17.3 Å². The molecule has 0 atom stereocenters. The molecule has 1 aromatic carbocycles. The SMILES string of the molecule is CN1C(=O)C(=CC=CC=C2Sc3ccc(CC(=O)O)cc3N2C)SC1=S. The molecule has 2 aliphatic rings. The lowest BCUT2D eigenvalue weighted by atomic mass is 10.1. The van der Waals surface area contributed by atoms with Crippen LogP contribution < -0.4 is 4.90 Å². The monoisotopic (exact) mass is 404 g/mol. The Kier molecular flexibility index (Phi) is 5.55. The third kappa shape index (κ3) is 3.87. The van der Waals surface area contributed by atoms with E-state index in [0.29, 0.717) is 9.23 Å². The van der Waals surface area contributed by atoms with Crippen LogP contribution in [0.5, 0.6) is 0 Å². The van der Waals surface area contributed by atoms with Crippen LogP contribution in [0.3, 0.4) is 0 Å². The summed E-state index contributed by atoms with van der Waals surface area (Å²) in [5.74, 6) is -0.919. The Bertz CT molecular complexity index is 890. The van der Waals surface area contributed by atoms with Crippen molar-refractivity contribution in [1.29, 1.82) is 0 Å². The molecule has 0 unspecified atom stereocenters. The molecule has 0 radical (unpaired) electrons. The number of nitrogens with zero attached hydrogens (tertiary/aromatic N) is 2. The van der Waals surface area contributed by atoms with E-state index in [2.05, 4.69) is 0 Å². The molecule has 3 rings (SSSR count). The van der Waals surface area contributed by atoms with E-state index < -0.39 is 5.97 Å². The van der Waals surface area contributed by atoms with Gasteiger partial charge >= 0.3 is 5.97 Å². The minimum Gasteiger partial charge on any atom is -0.481 e. The van der Waals surface area contributed by atoms with Crippen molar-refractivity contribution in [2.45, 2.75) is 11.3 Å². The van der Waals surface area contributed by atoms with E-state index in [9.17, 15) is 9.59 Å². The molecule has 134 valence electrons. The molecular formula is C18H16N2O3S3. The molecule has 1 amide bonds. The van der Waals surface area contributed by atoms with Gasteiger partial charge in [-0.15, -0.1) is 0 Å². The summed E-state index contributed by atoms with van der Waals surface area (Å²) in [6, 6.07) is 5.71. The number of carboxylic acids is 1. The van der Waals surface area contributed by atoms with E-state index in [-0.39, 0.29) is 12.3 Å². The number of hydrogen-bond donors (Lipinski definition) is 1. The average Bonchev–Trinajstić information content (AvgIpc) is 3.03. The van der Waals surface area contributed by atoms with Gasteiger partial charge < -0.3 is 10.0 Å². The number of carboxylic acid groups (broad SMARTS) is 1. The highest BCUT2D eigenvalue weighted by Gasteiger charge is 2.28. The number of hydrogen-bond acceptors (Lipinski definition) is 6.